The molecular weight excluding hydrogens is 204 g/mol. The zero-order valence-corrected chi connectivity index (χ0v) is 9.82. The van der Waals surface area contributed by atoms with Crippen LogP contribution in [0.3, 0.4) is 0 Å². The predicted octanol–water partition coefficient (Wildman–Crippen LogP) is 1.96. The van der Waals surface area contributed by atoms with E-state index in [1.54, 1.807) is 0 Å². The van der Waals surface area contributed by atoms with Gasteiger partial charge < -0.3 is 14.6 Å². The van der Waals surface area contributed by atoms with E-state index in [9.17, 15) is 0 Å². The molecule has 0 aliphatic carbocycles. The Kier molecular flexibility index (Phi) is 3.46. The van der Waals surface area contributed by atoms with Gasteiger partial charge in [0.25, 0.3) is 0 Å². The average molecular weight is 222 g/mol. The Balaban J connectivity index is 2.19. The number of ether oxygens (including phenoxy) is 2. The van der Waals surface area contributed by atoms with E-state index in [2.05, 4.69) is 0 Å². The molecule has 88 valence electrons. The largest absolute Gasteiger partial charge is 0.487 e. The Labute approximate surface area is 96.0 Å². The molecule has 2 rings (SSSR count). The number of hydrogen-bond acceptors (Lipinski definition) is 3. The van der Waals surface area contributed by atoms with E-state index in [0.717, 1.165) is 35.5 Å². The van der Waals surface area contributed by atoms with Crippen LogP contribution in [0.25, 0.3) is 0 Å². The molecule has 0 aromatic heterocycles. The predicted molar refractivity (Wildman–Crippen MR) is 61.7 cm³/mol. The van der Waals surface area contributed by atoms with Crippen LogP contribution in [0.1, 0.15) is 23.1 Å². The lowest BCUT2D eigenvalue weighted by molar-refractivity contribution is 0.140. The van der Waals surface area contributed by atoms with Crippen LogP contribution >= 0.6 is 0 Å². The normalized spacial score (nSPS) is 20.1. The summed E-state index contributed by atoms with van der Waals surface area (Å²) in [7, 11) is 0. The van der Waals surface area contributed by atoms with E-state index in [-0.39, 0.29) is 12.7 Å². The van der Waals surface area contributed by atoms with E-state index in [1.165, 1.54) is 0 Å². The smallest absolute Gasteiger partial charge is 0.125 e. The van der Waals surface area contributed by atoms with Crippen molar-refractivity contribution in [3.63, 3.8) is 0 Å². The van der Waals surface area contributed by atoms with Gasteiger partial charge in [-0.25, -0.2) is 0 Å². The van der Waals surface area contributed by atoms with Gasteiger partial charge in [-0.2, -0.15) is 0 Å². The summed E-state index contributed by atoms with van der Waals surface area (Å²) >= 11 is 0. The summed E-state index contributed by atoms with van der Waals surface area (Å²) in [5, 5.41) is 9.10. The van der Waals surface area contributed by atoms with Crippen LogP contribution in [-0.4, -0.2) is 24.4 Å². The van der Waals surface area contributed by atoms with Crippen LogP contribution in [0.2, 0.25) is 0 Å². The van der Waals surface area contributed by atoms with E-state index in [1.807, 2.05) is 26.0 Å². The molecule has 0 bridgehead atoms. The standard InChI is InChI=1S/C13H18O3/c1-9-5-11(7-14)6-10(2)13(9)16-12-3-4-15-8-12/h5-6,12,14H,3-4,7-8H2,1-2H3. The maximum Gasteiger partial charge on any atom is 0.125 e. The molecule has 3 heteroatoms. The first-order valence-electron chi connectivity index (χ1n) is 5.66. The lowest BCUT2D eigenvalue weighted by Crippen LogP contribution is -2.17. The fourth-order valence-electron chi connectivity index (χ4n) is 2.09. The van der Waals surface area contributed by atoms with Crippen molar-refractivity contribution in [2.24, 2.45) is 0 Å². The van der Waals surface area contributed by atoms with Gasteiger partial charge in [-0.3, -0.25) is 0 Å². The fourth-order valence-corrected chi connectivity index (χ4v) is 2.09. The number of hydrogen-bond donors (Lipinski definition) is 1. The van der Waals surface area contributed by atoms with Gasteiger partial charge in [0, 0.05) is 6.42 Å². The molecule has 1 atom stereocenters. The maximum absolute atomic E-state index is 9.10. The molecule has 1 heterocycles. The van der Waals surface area contributed by atoms with E-state index in [0.29, 0.717) is 6.61 Å². The summed E-state index contributed by atoms with van der Waals surface area (Å²) in [4.78, 5) is 0. The number of aliphatic hydroxyl groups excluding tert-OH is 1. The Morgan fingerprint density at radius 2 is 2.06 bits per heavy atom. The summed E-state index contributed by atoms with van der Waals surface area (Å²) in [5.74, 6) is 0.938. The SMILES string of the molecule is Cc1cc(CO)cc(C)c1OC1CCOC1. The van der Waals surface area contributed by atoms with Gasteiger partial charge >= 0.3 is 0 Å². The molecule has 1 aliphatic rings. The van der Waals surface area contributed by atoms with Crippen molar-refractivity contribution in [3.05, 3.63) is 28.8 Å². The highest BCUT2D eigenvalue weighted by molar-refractivity contribution is 5.43. The second-order valence-corrected chi connectivity index (χ2v) is 4.32. The third kappa shape index (κ3) is 2.36. The Bertz CT molecular complexity index is 344. The molecule has 1 fully saturated rings. The zero-order chi connectivity index (χ0) is 11.5. The minimum Gasteiger partial charge on any atom is -0.487 e. The molecule has 1 aromatic carbocycles. The number of benzene rings is 1. The van der Waals surface area contributed by atoms with E-state index in [4.69, 9.17) is 14.6 Å². The molecule has 16 heavy (non-hydrogen) atoms. The highest BCUT2D eigenvalue weighted by atomic mass is 16.5. The second kappa shape index (κ2) is 4.85. The molecule has 0 amide bonds. The highest BCUT2D eigenvalue weighted by Crippen LogP contribution is 2.27. The van der Waals surface area contributed by atoms with E-state index < -0.39 is 0 Å². The summed E-state index contributed by atoms with van der Waals surface area (Å²) in [6.45, 7) is 5.57. The Morgan fingerprint density at radius 3 is 2.56 bits per heavy atom. The molecule has 1 saturated heterocycles. The van der Waals surface area contributed by atoms with Crippen molar-refractivity contribution in [2.75, 3.05) is 13.2 Å². The van der Waals surface area contributed by atoms with Crippen molar-refractivity contribution >= 4 is 0 Å². The molecule has 1 unspecified atom stereocenters. The fraction of sp³-hybridized carbons (Fsp3) is 0.538. The first kappa shape index (κ1) is 11.4. The quantitative estimate of drug-likeness (QED) is 0.849. The van der Waals surface area contributed by atoms with Crippen LogP contribution in [0.4, 0.5) is 0 Å². The molecular formula is C13H18O3. The van der Waals surface area contributed by atoms with Crippen LogP contribution in [0.5, 0.6) is 5.75 Å². The topological polar surface area (TPSA) is 38.7 Å². The third-order valence-electron chi connectivity index (χ3n) is 2.88. The lowest BCUT2D eigenvalue weighted by atomic mass is 10.1. The minimum absolute atomic E-state index is 0.0779. The molecule has 1 aliphatic heterocycles. The van der Waals surface area contributed by atoms with Crippen LogP contribution in [-0.2, 0) is 11.3 Å². The van der Waals surface area contributed by atoms with Gasteiger partial charge in [-0.1, -0.05) is 12.1 Å². The van der Waals surface area contributed by atoms with Gasteiger partial charge in [0.05, 0.1) is 19.8 Å². The summed E-state index contributed by atoms with van der Waals surface area (Å²) in [6.07, 6.45) is 1.14. The first-order valence-corrected chi connectivity index (χ1v) is 5.66. The number of aliphatic hydroxyl groups is 1. The van der Waals surface area contributed by atoms with Crippen molar-refractivity contribution in [1.82, 2.24) is 0 Å². The van der Waals surface area contributed by atoms with Crippen LogP contribution in [0, 0.1) is 13.8 Å². The van der Waals surface area contributed by atoms with Gasteiger partial charge in [-0.05, 0) is 30.5 Å². The second-order valence-electron chi connectivity index (χ2n) is 4.32. The Morgan fingerprint density at radius 1 is 1.38 bits per heavy atom. The lowest BCUT2D eigenvalue weighted by Gasteiger charge is -2.17. The molecule has 0 spiro atoms. The van der Waals surface area contributed by atoms with Crippen LogP contribution < -0.4 is 4.74 Å². The van der Waals surface area contributed by atoms with Gasteiger partial charge in [0.15, 0.2) is 0 Å². The zero-order valence-electron chi connectivity index (χ0n) is 9.82. The maximum atomic E-state index is 9.10. The average Bonchev–Trinajstić information content (AvgIpc) is 2.75. The van der Waals surface area contributed by atoms with E-state index >= 15 is 0 Å². The van der Waals surface area contributed by atoms with Crippen molar-refractivity contribution in [1.29, 1.82) is 0 Å². The summed E-state index contributed by atoms with van der Waals surface area (Å²) in [6, 6.07) is 3.94. The molecule has 1 aromatic rings. The first-order chi connectivity index (χ1) is 7.70. The van der Waals surface area contributed by atoms with Gasteiger partial charge in [-0.15, -0.1) is 0 Å². The van der Waals surface area contributed by atoms with Crippen molar-refractivity contribution in [3.8, 4) is 5.75 Å². The number of aryl methyl sites for hydroxylation is 2. The molecule has 0 saturated carbocycles. The van der Waals surface area contributed by atoms with Crippen molar-refractivity contribution in [2.45, 2.75) is 33.0 Å². The molecule has 3 nitrogen and oxygen atoms in total. The molecule has 1 N–H and O–H groups in total. The van der Waals surface area contributed by atoms with Gasteiger partial charge in [0.2, 0.25) is 0 Å². The van der Waals surface area contributed by atoms with Crippen molar-refractivity contribution < 1.29 is 14.6 Å². The highest BCUT2D eigenvalue weighted by Gasteiger charge is 2.19. The van der Waals surface area contributed by atoms with Crippen LogP contribution in [0.15, 0.2) is 12.1 Å². The van der Waals surface area contributed by atoms with Gasteiger partial charge in [0.1, 0.15) is 11.9 Å². The number of rotatable bonds is 3. The minimum atomic E-state index is 0.0779. The third-order valence-corrected chi connectivity index (χ3v) is 2.88. The Hall–Kier alpha value is -1.06. The molecule has 0 radical (unpaired) electrons. The monoisotopic (exact) mass is 222 g/mol. The summed E-state index contributed by atoms with van der Waals surface area (Å²) < 4.78 is 11.2. The summed E-state index contributed by atoms with van der Waals surface area (Å²) in [5.41, 5.74) is 3.09.